The van der Waals surface area contributed by atoms with E-state index in [9.17, 15) is 13.2 Å². The van der Waals surface area contributed by atoms with Crippen LogP contribution in [0.25, 0.3) is 16.5 Å². The third-order valence-electron chi connectivity index (χ3n) is 12.4. The van der Waals surface area contributed by atoms with Crippen LogP contribution in [0.4, 0.5) is 5.69 Å². The molecule has 1 atom stereocenters. The average molecular weight is 901 g/mol. The van der Waals surface area contributed by atoms with E-state index in [2.05, 4.69) is 60.6 Å². The van der Waals surface area contributed by atoms with Gasteiger partial charge >= 0.3 is 0 Å². The quantitative estimate of drug-likeness (QED) is 0.118. The van der Waals surface area contributed by atoms with Gasteiger partial charge < -0.3 is 19.1 Å². The SMILES string of the molecule is CC1(C)CCC(CN2CCN(c3ccc(C(=O)NS(=O)(=O)c4cnc(OC[C@@H]5CN(C6CC6)CCO5)c(Cl)c4)c(Oc4cccc5[nH]ncc45)c3)CC2)=C(c2ccc(Cl)cc2)C1. The van der Waals surface area contributed by atoms with Crippen LogP contribution in [0.15, 0.2) is 89.6 Å². The van der Waals surface area contributed by atoms with Crippen molar-refractivity contribution in [3.63, 3.8) is 0 Å². The minimum Gasteiger partial charge on any atom is -0.474 e. The molecule has 0 radical (unpaired) electrons. The molecule has 4 heterocycles. The molecule has 2 aromatic heterocycles. The van der Waals surface area contributed by atoms with Gasteiger partial charge in [0.15, 0.2) is 0 Å². The third-order valence-corrected chi connectivity index (χ3v) is 14.2. The topological polar surface area (TPSA) is 142 Å². The molecule has 3 aromatic carbocycles. The van der Waals surface area contributed by atoms with E-state index in [0.29, 0.717) is 23.8 Å². The first-order valence-electron chi connectivity index (χ1n) is 21.3. The van der Waals surface area contributed by atoms with Gasteiger partial charge in [0.2, 0.25) is 5.88 Å². The number of halogens is 2. The summed E-state index contributed by atoms with van der Waals surface area (Å²) in [6, 6.07) is 20.8. The summed E-state index contributed by atoms with van der Waals surface area (Å²) < 4.78 is 47.7. The first-order valence-corrected chi connectivity index (χ1v) is 23.5. The summed E-state index contributed by atoms with van der Waals surface area (Å²) in [4.78, 5) is 25.0. The molecule has 2 N–H and O–H groups in total. The van der Waals surface area contributed by atoms with Crippen molar-refractivity contribution in [1.29, 1.82) is 0 Å². The number of aromatic nitrogens is 3. The zero-order chi connectivity index (χ0) is 43.0. The Labute approximate surface area is 372 Å². The van der Waals surface area contributed by atoms with Gasteiger partial charge in [-0.3, -0.25) is 19.7 Å². The number of benzene rings is 3. The Morgan fingerprint density at radius 2 is 1.79 bits per heavy atom. The highest BCUT2D eigenvalue weighted by molar-refractivity contribution is 7.90. The lowest BCUT2D eigenvalue weighted by Crippen LogP contribution is -2.47. The lowest BCUT2D eigenvalue weighted by atomic mass is 9.72. The second kappa shape index (κ2) is 17.8. The van der Waals surface area contributed by atoms with Crippen molar-refractivity contribution in [1.82, 2.24) is 29.7 Å². The maximum Gasteiger partial charge on any atom is 0.268 e. The third kappa shape index (κ3) is 9.75. The molecule has 16 heteroatoms. The number of H-pyrrole nitrogens is 1. The Morgan fingerprint density at radius 1 is 0.984 bits per heavy atom. The molecule has 3 fully saturated rings. The maximum atomic E-state index is 14.0. The Bertz CT molecular complexity index is 2590. The minimum absolute atomic E-state index is 0.00160. The van der Waals surface area contributed by atoms with Gasteiger partial charge in [-0.25, -0.2) is 18.1 Å². The number of pyridine rings is 1. The van der Waals surface area contributed by atoms with E-state index in [-0.39, 0.29) is 45.2 Å². The normalized spacial score (nSPS) is 20.1. The highest BCUT2D eigenvalue weighted by Crippen LogP contribution is 2.43. The van der Waals surface area contributed by atoms with Gasteiger partial charge in [0.05, 0.1) is 35.5 Å². The number of carbonyl (C=O) groups is 1. The van der Waals surface area contributed by atoms with Crippen molar-refractivity contribution in [3.05, 3.63) is 106 Å². The molecule has 1 saturated carbocycles. The van der Waals surface area contributed by atoms with Gasteiger partial charge in [-0.15, -0.1) is 0 Å². The number of aromatic amines is 1. The van der Waals surface area contributed by atoms with E-state index in [1.54, 1.807) is 24.4 Å². The maximum absolute atomic E-state index is 14.0. The number of anilines is 1. The molecular weight excluding hydrogens is 850 g/mol. The monoisotopic (exact) mass is 899 g/mol. The van der Waals surface area contributed by atoms with Crippen LogP contribution in [-0.4, -0.2) is 110 Å². The fraction of sp³-hybridized carbons (Fsp3) is 0.413. The van der Waals surface area contributed by atoms with Crippen LogP contribution in [0.5, 0.6) is 17.4 Å². The molecule has 2 aliphatic carbocycles. The molecule has 2 aliphatic heterocycles. The summed E-state index contributed by atoms with van der Waals surface area (Å²) in [6.45, 7) is 11.3. The van der Waals surface area contributed by atoms with Crippen molar-refractivity contribution < 1.29 is 27.4 Å². The Morgan fingerprint density at radius 3 is 2.56 bits per heavy atom. The Hall–Kier alpha value is -4.70. The largest absolute Gasteiger partial charge is 0.474 e. The zero-order valence-corrected chi connectivity index (χ0v) is 37.2. The molecule has 2 saturated heterocycles. The molecule has 0 unspecified atom stereocenters. The number of sulfonamides is 1. The predicted octanol–water partition coefficient (Wildman–Crippen LogP) is 8.20. The van der Waals surface area contributed by atoms with Crippen molar-refractivity contribution in [2.75, 3.05) is 63.9 Å². The van der Waals surface area contributed by atoms with Crippen molar-refractivity contribution in [2.24, 2.45) is 5.41 Å². The fourth-order valence-corrected chi connectivity index (χ4v) is 10.1. The summed E-state index contributed by atoms with van der Waals surface area (Å²) >= 11 is 12.7. The van der Waals surface area contributed by atoms with E-state index in [0.717, 1.165) is 87.5 Å². The fourth-order valence-electron chi connectivity index (χ4n) is 8.71. The molecule has 62 heavy (non-hydrogen) atoms. The minimum atomic E-state index is -4.42. The molecule has 5 aromatic rings. The van der Waals surface area contributed by atoms with E-state index in [1.165, 1.54) is 35.6 Å². The second-order valence-electron chi connectivity index (χ2n) is 17.5. The number of piperazine rings is 1. The van der Waals surface area contributed by atoms with Crippen LogP contribution in [-0.2, 0) is 14.8 Å². The zero-order valence-electron chi connectivity index (χ0n) is 34.9. The average Bonchev–Trinajstić information content (AvgIpc) is 4.00. The number of ether oxygens (including phenoxy) is 3. The lowest BCUT2D eigenvalue weighted by molar-refractivity contribution is -0.0510. The summed E-state index contributed by atoms with van der Waals surface area (Å²) in [5, 5.41) is 8.55. The highest BCUT2D eigenvalue weighted by atomic mass is 35.5. The lowest BCUT2D eigenvalue weighted by Gasteiger charge is -2.39. The number of fused-ring (bicyclic) bond motifs is 1. The van der Waals surface area contributed by atoms with Gasteiger partial charge in [-0.2, -0.15) is 5.10 Å². The van der Waals surface area contributed by atoms with Crippen LogP contribution in [0.3, 0.4) is 0 Å². The van der Waals surface area contributed by atoms with Crippen LogP contribution in [0, 0.1) is 5.41 Å². The molecule has 0 bridgehead atoms. The Kier molecular flexibility index (Phi) is 12.2. The van der Waals surface area contributed by atoms with E-state index in [4.69, 9.17) is 37.4 Å². The van der Waals surface area contributed by atoms with Gasteiger partial charge in [0, 0.05) is 68.6 Å². The number of allylic oxidation sites excluding steroid dienone is 1. The van der Waals surface area contributed by atoms with Gasteiger partial charge in [0.25, 0.3) is 15.9 Å². The number of carbonyl (C=O) groups excluding carboxylic acids is 1. The van der Waals surface area contributed by atoms with E-state index in [1.807, 2.05) is 30.3 Å². The molecular formula is C46H51Cl2N7O6S. The number of hydrogen-bond donors (Lipinski definition) is 2. The smallest absolute Gasteiger partial charge is 0.268 e. The predicted molar refractivity (Wildman–Crippen MR) is 241 cm³/mol. The highest BCUT2D eigenvalue weighted by Gasteiger charge is 2.34. The van der Waals surface area contributed by atoms with Crippen molar-refractivity contribution in [3.8, 4) is 17.4 Å². The number of hydrogen-bond acceptors (Lipinski definition) is 11. The summed E-state index contributed by atoms with van der Waals surface area (Å²) in [5.41, 5.74) is 6.03. The van der Waals surface area contributed by atoms with Gasteiger partial charge in [-0.05, 0) is 91.1 Å². The molecule has 4 aliphatic rings. The second-order valence-corrected chi connectivity index (χ2v) is 20.0. The summed E-state index contributed by atoms with van der Waals surface area (Å²) in [6.07, 6.45) is 8.28. The van der Waals surface area contributed by atoms with Crippen molar-refractivity contribution in [2.45, 2.75) is 63.0 Å². The molecule has 13 nitrogen and oxygen atoms in total. The molecule has 9 rings (SSSR count). The van der Waals surface area contributed by atoms with Gasteiger partial charge in [-0.1, -0.05) is 60.8 Å². The standard InChI is InChI=1S/C46H51Cl2N7O6S/c1-46(2)15-14-31(38(24-46)30-6-8-32(47)9-7-30)27-53-16-18-54(19-17-53)34-12-13-37(43(22-34)61-42-5-3-4-41-39(42)26-50-51-41)44(56)52-62(57,58)36-23-40(48)45(49-25-36)60-29-35-28-55(20-21-59-35)33-10-11-33/h3-9,12-13,22-23,25-26,33,35H,10-11,14-21,24,27-29H2,1-2H3,(H,50,51)(H,52,56)/t35-/m0/s1. The number of nitrogens with one attached hydrogen (secondary N) is 2. The van der Waals surface area contributed by atoms with Crippen LogP contribution < -0.4 is 19.1 Å². The molecule has 326 valence electrons. The number of rotatable bonds is 13. The number of morpholine rings is 1. The van der Waals surface area contributed by atoms with Gasteiger partial charge in [0.1, 0.15) is 34.1 Å². The summed E-state index contributed by atoms with van der Waals surface area (Å²) in [5.74, 6) is -0.135. The van der Waals surface area contributed by atoms with Crippen LogP contribution in [0.2, 0.25) is 10.0 Å². The van der Waals surface area contributed by atoms with Crippen LogP contribution in [0.1, 0.15) is 61.9 Å². The van der Waals surface area contributed by atoms with E-state index >= 15 is 0 Å². The van der Waals surface area contributed by atoms with Crippen LogP contribution >= 0.6 is 23.2 Å². The van der Waals surface area contributed by atoms with Crippen molar-refractivity contribution >= 4 is 61.3 Å². The first kappa shape index (κ1) is 42.6. The summed E-state index contributed by atoms with van der Waals surface area (Å²) in [7, 11) is -4.42. The molecule has 1 amide bonds. The Balaban J connectivity index is 0.902. The molecule has 0 spiro atoms. The number of amides is 1. The first-order chi connectivity index (χ1) is 29.9. The number of nitrogens with zero attached hydrogens (tertiary/aromatic N) is 5. The van der Waals surface area contributed by atoms with E-state index < -0.39 is 15.9 Å².